The first kappa shape index (κ1) is 21.0. The van der Waals surface area contributed by atoms with Crippen molar-refractivity contribution in [3.8, 4) is 11.5 Å². The van der Waals surface area contributed by atoms with Gasteiger partial charge in [-0.25, -0.2) is 9.97 Å². The zero-order valence-electron chi connectivity index (χ0n) is 20.7. The molecule has 9 aromatic rings. The summed E-state index contributed by atoms with van der Waals surface area (Å²) in [5, 5.41) is 6.12. The van der Waals surface area contributed by atoms with Crippen LogP contribution in [0.15, 0.2) is 122 Å². The van der Waals surface area contributed by atoms with Crippen molar-refractivity contribution in [2.24, 2.45) is 0 Å². The lowest BCUT2D eigenvalue weighted by Gasteiger charge is -2.09. The van der Waals surface area contributed by atoms with Crippen LogP contribution in [0.1, 0.15) is 0 Å². The van der Waals surface area contributed by atoms with E-state index in [-0.39, 0.29) is 0 Å². The second-order valence-electron chi connectivity index (χ2n) is 9.87. The van der Waals surface area contributed by atoms with Crippen molar-refractivity contribution < 1.29 is 0 Å². The Bertz CT molecular complexity index is 2340. The van der Waals surface area contributed by atoms with Crippen LogP contribution in [-0.2, 0) is 0 Å². The highest BCUT2D eigenvalue weighted by Gasteiger charge is 2.22. The quantitative estimate of drug-likeness (QED) is 0.230. The van der Waals surface area contributed by atoms with Crippen molar-refractivity contribution in [3.05, 3.63) is 122 Å². The summed E-state index contributed by atoms with van der Waals surface area (Å²) in [4.78, 5) is 9.83. The highest BCUT2D eigenvalue weighted by atomic mass is 32.1. The Labute approximate surface area is 227 Å². The van der Waals surface area contributed by atoms with Crippen molar-refractivity contribution in [2.45, 2.75) is 0 Å². The molecule has 5 aromatic carbocycles. The fourth-order valence-corrected chi connectivity index (χ4v) is 7.39. The molecule has 0 aliphatic heterocycles. The number of hydrogen-bond acceptors (Lipinski definition) is 3. The molecule has 0 N–H and O–H groups in total. The first-order chi connectivity index (χ1) is 19.4. The summed E-state index contributed by atoms with van der Waals surface area (Å²) in [5.41, 5.74) is 6.83. The van der Waals surface area contributed by atoms with E-state index in [4.69, 9.17) is 9.97 Å². The Kier molecular flexibility index (Phi) is 4.18. The van der Waals surface area contributed by atoms with Gasteiger partial charge in [0.15, 0.2) is 5.82 Å². The van der Waals surface area contributed by atoms with Crippen LogP contribution in [0.2, 0.25) is 0 Å². The van der Waals surface area contributed by atoms with Crippen LogP contribution in [0, 0.1) is 0 Å². The topological polar surface area (TPSA) is 35.6 Å². The van der Waals surface area contributed by atoms with Gasteiger partial charge in [-0.3, -0.25) is 4.57 Å². The maximum absolute atomic E-state index is 4.93. The third-order valence-corrected chi connectivity index (χ3v) is 8.98. The Morgan fingerprint density at radius 2 is 1.10 bits per heavy atom. The molecule has 0 saturated heterocycles. The van der Waals surface area contributed by atoms with Gasteiger partial charge in [0.05, 0.1) is 32.3 Å². The average molecular weight is 517 g/mol. The molecule has 5 heteroatoms. The van der Waals surface area contributed by atoms with Gasteiger partial charge in [0.2, 0.25) is 0 Å². The van der Waals surface area contributed by atoms with Gasteiger partial charge >= 0.3 is 0 Å². The van der Waals surface area contributed by atoms with E-state index >= 15 is 0 Å². The number of hydrogen-bond donors (Lipinski definition) is 0. The largest absolute Gasteiger partial charge is 0.309 e. The van der Waals surface area contributed by atoms with E-state index in [9.17, 15) is 0 Å². The minimum atomic E-state index is 0.925. The molecule has 39 heavy (non-hydrogen) atoms. The fraction of sp³-hybridized carbons (Fsp3) is 0. The maximum Gasteiger partial charge on any atom is 0.159 e. The lowest BCUT2D eigenvalue weighted by atomic mass is 10.1. The molecule has 0 fully saturated rings. The lowest BCUT2D eigenvalue weighted by Crippen LogP contribution is -1.98. The van der Waals surface area contributed by atoms with E-state index in [1.807, 2.05) is 0 Å². The Hall–Kier alpha value is -5.00. The summed E-state index contributed by atoms with van der Waals surface area (Å²) in [5.74, 6) is 0.925. The van der Waals surface area contributed by atoms with Gasteiger partial charge in [0, 0.05) is 37.3 Å². The number of fused-ring (bicyclic) bond motifs is 10. The molecule has 0 aliphatic carbocycles. The number of benzene rings is 5. The van der Waals surface area contributed by atoms with Gasteiger partial charge in [-0.05, 0) is 36.4 Å². The van der Waals surface area contributed by atoms with Crippen molar-refractivity contribution >= 4 is 75.3 Å². The standard InChI is InChI=1S/C34H20N4S/c1-2-10-21(11-3-1)37-26-15-7-6-14-24(26)25-18-19-29-30(32(25)37)31-33(39-29)34(36-20-35-31)38-27-16-8-4-12-22(27)23-13-5-9-17-28(23)38/h1-20H. The summed E-state index contributed by atoms with van der Waals surface area (Å²) < 4.78 is 6.99. The minimum Gasteiger partial charge on any atom is -0.309 e. The zero-order valence-corrected chi connectivity index (χ0v) is 21.6. The molecule has 182 valence electrons. The van der Waals surface area contributed by atoms with Gasteiger partial charge in [-0.15, -0.1) is 11.3 Å². The first-order valence-electron chi connectivity index (χ1n) is 13.0. The molecule has 4 aromatic heterocycles. The van der Waals surface area contributed by atoms with Gasteiger partial charge < -0.3 is 4.57 Å². The molecule has 4 heterocycles. The van der Waals surface area contributed by atoms with E-state index in [0.717, 1.165) is 32.8 Å². The van der Waals surface area contributed by atoms with E-state index in [1.54, 1.807) is 17.7 Å². The maximum atomic E-state index is 4.93. The highest BCUT2D eigenvalue weighted by Crippen LogP contribution is 2.44. The predicted molar refractivity (Wildman–Crippen MR) is 164 cm³/mol. The Balaban J connectivity index is 1.47. The molecule has 0 bridgehead atoms. The second-order valence-corrected chi connectivity index (χ2v) is 10.9. The van der Waals surface area contributed by atoms with Gasteiger partial charge in [0.25, 0.3) is 0 Å². The van der Waals surface area contributed by atoms with Crippen molar-refractivity contribution in [3.63, 3.8) is 0 Å². The molecule has 0 spiro atoms. The van der Waals surface area contributed by atoms with Gasteiger partial charge in [-0.2, -0.15) is 0 Å². The SMILES string of the molecule is c1ccc(-n2c3ccccc3c3ccc4sc5c(-n6c7ccccc7c7ccccc76)ncnc5c4c32)cc1. The third-order valence-electron chi connectivity index (χ3n) is 7.84. The van der Waals surface area contributed by atoms with E-state index in [2.05, 4.69) is 124 Å². The molecule has 0 amide bonds. The first-order valence-corrected chi connectivity index (χ1v) is 13.8. The average Bonchev–Trinajstić information content (AvgIpc) is 3.65. The van der Waals surface area contributed by atoms with Crippen LogP contribution in [-0.4, -0.2) is 19.1 Å². The molecule has 0 atom stereocenters. The normalized spacial score (nSPS) is 12.1. The number of thiophene rings is 1. The summed E-state index contributed by atoms with van der Waals surface area (Å²) in [7, 11) is 0. The van der Waals surface area contributed by atoms with Crippen molar-refractivity contribution in [2.75, 3.05) is 0 Å². The highest BCUT2D eigenvalue weighted by molar-refractivity contribution is 7.26. The number of para-hydroxylation sites is 4. The third kappa shape index (κ3) is 2.77. The van der Waals surface area contributed by atoms with E-state index in [1.165, 1.54) is 42.7 Å². The van der Waals surface area contributed by atoms with Gasteiger partial charge in [-0.1, -0.05) is 78.9 Å². The molecule has 0 unspecified atom stereocenters. The predicted octanol–water partition coefficient (Wildman–Crippen LogP) is 9.04. The van der Waals surface area contributed by atoms with Crippen LogP contribution < -0.4 is 0 Å². The molecule has 9 rings (SSSR count). The molecular weight excluding hydrogens is 496 g/mol. The number of rotatable bonds is 2. The van der Waals surface area contributed by atoms with Crippen molar-refractivity contribution in [1.82, 2.24) is 19.1 Å². The summed E-state index contributed by atoms with van der Waals surface area (Å²) >= 11 is 1.77. The van der Waals surface area contributed by atoms with Crippen LogP contribution in [0.5, 0.6) is 0 Å². The Morgan fingerprint density at radius 1 is 0.513 bits per heavy atom. The fourth-order valence-electron chi connectivity index (χ4n) is 6.25. The zero-order chi connectivity index (χ0) is 25.5. The monoisotopic (exact) mass is 516 g/mol. The van der Waals surface area contributed by atoms with Crippen LogP contribution in [0.25, 0.3) is 75.4 Å². The summed E-state index contributed by atoms with van der Waals surface area (Å²) in [6.45, 7) is 0. The number of nitrogens with zero attached hydrogens (tertiary/aromatic N) is 4. The van der Waals surface area contributed by atoms with Crippen molar-refractivity contribution in [1.29, 1.82) is 0 Å². The summed E-state index contributed by atoms with van der Waals surface area (Å²) in [6, 6.07) is 41.0. The van der Waals surface area contributed by atoms with E-state index < -0.39 is 0 Å². The molecule has 0 aliphatic rings. The van der Waals surface area contributed by atoms with Crippen LogP contribution >= 0.6 is 11.3 Å². The molecule has 0 radical (unpaired) electrons. The molecular formula is C34H20N4S. The summed E-state index contributed by atoms with van der Waals surface area (Å²) in [6.07, 6.45) is 1.72. The Morgan fingerprint density at radius 3 is 1.79 bits per heavy atom. The minimum absolute atomic E-state index is 0.925. The number of aromatic nitrogens is 4. The smallest absolute Gasteiger partial charge is 0.159 e. The van der Waals surface area contributed by atoms with Gasteiger partial charge in [0.1, 0.15) is 6.33 Å². The molecule has 4 nitrogen and oxygen atoms in total. The van der Waals surface area contributed by atoms with Crippen LogP contribution in [0.4, 0.5) is 0 Å². The lowest BCUT2D eigenvalue weighted by molar-refractivity contribution is 1.08. The van der Waals surface area contributed by atoms with Crippen LogP contribution in [0.3, 0.4) is 0 Å². The van der Waals surface area contributed by atoms with E-state index in [0.29, 0.717) is 0 Å². The second kappa shape index (κ2) is 7.76. The molecule has 0 saturated carbocycles.